The number of rotatable bonds is 7. The Balaban J connectivity index is 1.78. The summed E-state index contributed by atoms with van der Waals surface area (Å²) in [4.78, 5) is 35.0. The Morgan fingerprint density at radius 1 is 0.963 bits per heavy atom. The molecule has 0 heterocycles. The summed E-state index contributed by atoms with van der Waals surface area (Å²) in [5.41, 5.74) is 3.83. The highest BCUT2D eigenvalue weighted by atomic mass is 16.5. The molecule has 0 unspecified atom stereocenters. The molecular weight excluding hydrogens is 350 g/mol. The summed E-state index contributed by atoms with van der Waals surface area (Å²) >= 11 is 0. The Kier molecular flexibility index (Phi) is 7.07. The van der Waals surface area contributed by atoms with Crippen molar-refractivity contribution in [2.45, 2.75) is 0 Å². The lowest BCUT2D eigenvalue weighted by Gasteiger charge is -2.05. The van der Waals surface area contributed by atoms with Gasteiger partial charge in [0.2, 0.25) is 0 Å². The highest BCUT2D eigenvalue weighted by molar-refractivity contribution is 5.96. The van der Waals surface area contributed by atoms with Crippen molar-refractivity contribution in [3.63, 3.8) is 0 Å². The first-order chi connectivity index (χ1) is 13.0. The van der Waals surface area contributed by atoms with Gasteiger partial charge in [-0.2, -0.15) is 5.10 Å². The molecule has 0 fully saturated rings. The molecule has 0 spiro atoms. The Morgan fingerprint density at radius 2 is 1.59 bits per heavy atom. The summed E-state index contributed by atoms with van der Waals surface area (Å²) in [5.74, 6) is -0.646. The molecule has 2 aromatic rings. The fraction of sp³-hybridized carbons (Fsp3) is 0.158. The lowest BCUT2D eigenvalue weighted by molar-refractivity contribution is -0.120. The van der Waals surface area contributed by atoms with E-state index < -0.39 is 11.9 Å². The molecule has 2 rings (SSSR count). The van der Waals surface area contributed by atoms with Gasteiger partial charge in [-0.25, -0.2) is 10.2 Å². The van der Waals surface area contributed by atoms with Gasteiger partial charge in [0.1, 0.15) is 5.75 Å². The topological polar surface area (TPSA) is 106 Å². The minimum Gasteiger partial charge on any atom is -0.497 e. The molecular formula is C19H19N3O5. The quantitative estimate of drug-likeness (QED) is 0.435. The molecule has 0 aliphatic heterocycles. The minimum atomic E-state index is -0.473. The predicted octanol–water partition coefficient (Wildman–Crippen LogP) is 1.36. The van der Waals surface area contributed by atoms with Crippen molar-refractivity contribution in [1.29, 1.82) is 0 Å². The zero-order valence-corrected chi connectivity index (χ0v) is 14.9. The molecule has 8 nitrogen and oxygen atoms in total. The van der Waals surface area contributed by atoms with Crippen LogP contribution in [-0.4, -0.2) is 44.8 Å². The van der Waals surface area contributed by atoms with Gasteiger partial charge in [0, 0.05) is 5.56 Å². The molecule has 0 aliphatic rings. The van der Waals surface area contributed by atoms with Gasteiger partial charge in [0.15, 0.2) is 0 Å². The lowest BCUT2D eigenvalue weighted by Crippen LogP contribution is -2.34. The van der Waals surface area contributed by atoms with Gasteiger partial charge >= 0.3 is 5.97 Å². The second kappa shape index (κ2) is 9.71. The third-order valence-electron chi connectivity index (χ3n) is 3.50. The van der Waals surface area contributed by atoms with Gasteiger partial charge < -0.3 is 14.8 Å². The number of hydrogen-bond donors (Lipinski definition) is 2. The molecule has 2 N–H and O–H groups in total. The molecule has 0 saturated carbocycles. The molecule has 8 heteroatoms. The standard InChI is InChI=1S/C19H19N3O5/c1-26-16-9-7-14(8-10-16)18(24)20-12-17(23)22-21-11-13-3-5-15(6-4-13)19(25)27-2/h3-11H,12H2,1-2H3,(H,20,24)(H,22,23)/b21-11-. The highest BCUT2D eigenvalue weighted by Crippen LogP contribution is 2.10. The van der Waals surface area contributed by atoms with E-state index in [0.717, 1.165) is 0 Å². The van der Waals surface area contributed by atoms with Crippen molar-refractivity contribution in [1.82, 2.24) is 10.7 Å². The third-order valence-corrected chi connectivity index (χ3v) is 3.50. The van der Waals surface area contributed by atoms with Gasteiger partial charge in [-0.1, -0.05) is 12.1 Å². The summed E-state index contributed by atoms with van der Waals surface area (Å²) in [6, 6.07) is 13.0. The van der Waals surface area contributed by atoms with E-state index in [-0.39, 0.29) is 12.5 Å². The first kappa shape index (κ1) is 19.6. The van der Waals surface area contributed by atoms with Gasteiger partial charge in [-0.05, 0) is 42.0 Å². The number of hydrazone groups is 1. The number of carbonyl (C=O) groups excluding carboxylic acids is 3. The number of methoxy groups -OCH3 is 2. The van der Waals surface area contributed by atoms with E-state index in [1.807, 2.05) is 0 Å². The van der Waals surface area contributed by atoms with Crippen molar-refractivity contribution >= 4 is 24.0 Å². The van der Waals surface area contributed by atoms with Crippen LogP contribution in [0.4, 0.5) is 0 Å². The number of nitrogens with zero attached hydrogens (tertiary/aromatic N) is 1. The molecule has 140 valence electrons. The number of hydrogen-bond acceptors (Lipinski definition) is 6. The van der Waals surface area contributed by atoms with Crippen molar-refractivity contribution in [3.05, 3.63) is 65.2 Å². The van der Waals surface area contributed by atoms with Crippen LogP contribution in [0.25, 0.3) is 0 Å². The Bertz CT molecular complexity index is 829. The van der Waals surface area contributed by atoms with E-state index in [1.165, 1.54) is 20.4 Å². The van der Waals surface area contributed by atoms with Crippen LogP contribution in [-0.2, 0) is 9.53 Å². The van der Waals surface area contributed by atoms with Crippen LogP contribution in [0.3, 0.4) is 0 Å². The molecule has 0 aromatic heterocycles. The number of nitrogens with one attached hydrogen (secondary N) is 2. The zero-order chi connectivity index (χ0) is 19.6. The van der Waals surface area contributed by atoms with Crippen molar-refractivity contribution < 1.29 is 23.9 Å². The number of ether oxygens (including phenoxy) is 2. The summed E-state index contributed by atoms with van der Waals surface area (Å²) < 4.78 is 9.63. The fourth-order valence-corrected chi connectivity index (χ4v) is 2.05. The van der Waals surface area contributed by atoms with Crippen molar-refractivity contribution in [2.75, 3.05) is 20.8 Å². The van der Waals surface area contributed by atoms with Crippen LogP contribution in [0.5, 0.6) is 5.75 Å². The monoisotopic (exact) mass is 369 g/mol. The smallest absolute Gasteiger partial charge is 0.337 e. The number of esters is 1. The molecule has 2 amide bonds. The maximum Gasteiger partial charge on any atom is 0.337 e. The van der Waals surface area contributed by atoms with Crippen LogP contribution in [0.15, 0.2) is 53.6 Å². The Labute approximate surface area is 156 Å². The average Bonchev–Trinajstić information content (AvgIpc) is 2.72. The van der Waals surface area contributed by atoms with Crippen molar-refractivity contribution in [3.8, 4) is 5.75 Å². The van der Waals surface area contributed by atoms with E-state index in [2.05, 4.69) is 20.6 Å². The summed E-state index contributed by atoms with van der Waals surface area (Å²) in [6.45, 7) is -0.219. The van der Waals surface area contributed by atoms with Crippen LogP contribution in [0.1, 0.15) is 26.3 Å². The lowest BCUT2D eigenvalue weighted by atomic mass is 10.1. The first-order valence-corrected chi connectivity index (χ1v) is 7.96. The SMILES string of the molecule is COC(=O)c1ccc(/C=N\NC(=O)CNC(=O)c2ccc(OC)cc2)cc1. The van der Waals surface area contributed by atoms with Crippen LogP contribution < -0.4 is 15.5 Å². The van der Waals surface area contributed by atoms with Crippen molar-refractivity contribution in [2.24, 2.45) is 5.10 Å². The van der Waals surface area contributed by atoms with E-state index in [4.69, 9.17) is 4.74 Å². The van der Waals surface area contributed by atoms with E-state index in [0.29, 0.717) is 22.4 Å². The summed E-state index contributed by atoms with van der Waals surface area (Å²) in [5, 5.41) is 6.30. The number of carbonyl (C=O) groups is 3. The third kappa shape index (κ3) is 5.96. The Hall–Kier alpha value is -3.68. The normalized spacial score (nSPS) is 10.3. The second-order valence-electron chi connectivity index (χ2n) is 5.32. The molecule has 27 heavy (non-hydrogen) atoms. The van der Waals surface area contributed by atoms with E-state index in [9.17, 15) is 14.4 Å². The largest absolute Gasteiger partial charge is 0.497 e. The second-order valence-corrected chi connectivity index (χ2v) is 5.32. The summed E-state index contributed by atoms with van der Waals surface area (Å²) in [6.07, 6.45) is 1.42. The van der Waals surface area contributed by atoms with Crippen LogP contribution in [0.2, 0.25) is 0 Å². The fourth-order valence-electron chi connectivity index (χ4n) is 2.05. The van der Waals surface area contributed by atoms with Gasteiger partial charge in [-0.15, -0.1) is 0 Å². The molecule has 0 aliphatic carbocycles. The first-order valence-electron chi connectivity index (χ1n) is 7.96. The molecule has 2 aromatic carbocycles. The number of amides is 2. The molecule has 0 bridgehead atoms. The van der Waals surface area contributed by atoms with E-state index >= 15 is 0 Å². The Morgan fingerprint density at radius 3 is 2.19 bits per heavy atom. The van der Waals surface area contributed by atoms with Crippen LogP contribution in [0, 0.1) is 0 Å². The van der Waals surface area contributed by atoms with E-state index in [1.54, 1.807) is 48.5 Å². The predicted molar refractivity (Wildman–Crippen MR) is 98.8 cm³/mol. The summed E-state index contributed by atoms with van der Waals surface area (Å²) in [7, 11) is 2.84. The number of benzene rings is 2. The molecule has 0 saturated heterocycles. The van der Waals surface area contributed by atoms with Gasteiger partial charge in [0.25, 0.3) is 11.8 Å². The maximum atomic E-state index is 11.9. The minimum absolute atomic E-state index is 0.219. The maximum absolute atomic E-state index is 11.9. The zero-order valence-electron chi connectivity index (χ0n) is 14.9. The average molecular weight is 369 g/mol. The van der Waals surface area contributed by atoms with Gasteiger partial charge in [-0.3, -0.25) is 9.59 Å². The molecule has 0 atom stereocenters. The molecule has 0 radical (unpaired) electrons. The highest BCUT2D eigenvalue weighted by Gasteiger charge is 2.08. The van der Waals surface area contributed by atoms with Gasteiger partial charge in [0.05, 0.1) is 32.5 Å². The van der Waals surface area contributed by atoms with Crippen LogP contribution >= 0.6 is 0 Å².